The minimum Gasteiger partial charge on any atom is -0.733 e. The van der Waals surface area contributed by atoms with E-state index in [1.54, 1.807) is 12.1 Å². The van der Waals surface area contributed by atoms with E-state index in [9.17, 15) is 20.0 Å². The molecule has 6 nitrogen and oxygen atoms in total. The molecular weight excluding hydrogens is 392 g/mol. The highest BCUT2D eigenvalue weighted by atomic mass is 16.8. The summed E-state index contributed by atoms with van der Waals surface area (Å²) in [7, 11) is 0. The maximum Gasteiger partial charge on any atom is 0.239 e. The van der Waals surface area contributed by atoms with E-state index in [0.717, 1.165) is 27.2 Å². The van der Waals surface area contributed by atoms with Gasteiger partial charge in [0.15, 0.2) is 0 Å². The average Bonchev–Trinajstić information content (AvgIpc) is 3.05. The summed E-state index contributed by atoms with van der Waals surface area (Å²) in [5.74, 6) is -2.04. The number of carbonyl (C=O) groups excluding carboxylic acids is 2. The van der Waals surface area contributed by atoms with E-state index < -0.39 is 17.3 Å². The van der Waals surface area contributed by atoms with E-state index >= 15 is 0 Å². The molecule has 154 valence electrons. The molecule has 1 fully saturated rings. The van der Waals surface area contributed by atoms with Crippen LogP contribution in [0.4, 0.5) is 11.4 Å². The predicted octanol–water partition coefficient (Wildman–Crippen LogP) is 3.95. The van der Waals surface area contributed by atoms with Crippen LogP contribution in [-0.4, -0.2) is 17.0 Å². The Morgan fingerprint density at radius 3 is 2.03 bits per heavy atom. The number of imide groups is 1. The molecule has 3 aromatic carbocycles. The van der Waals surface area contributed by atoms with Gasteiger partial charge < -0.3 is 10.4 Å². The molecule has 0 unspecified atom stereocenters. The third kappa shape index (κ3) is 2.08. The van der Waals surface area contributed by atoms with Crippen LogP contribution in [0, 0.1) is 17.0 Å². The van der Waals surface area contributed by atoms with Gasteiger partial charge in [-0.1, -0.05) is 67.6 Å². The number of carbonyl (C=O) groups is 2. The number of amides is 2. The highest BCUT2D eigenvalue weighted by Gasteiger charge is 2.66. The van der Waals surface area contributed by atoms with Crippen LogP contribution in [0.2, 0.25) is 0 Å². The van der Waals surface area contributed by atoms with Gasteiger partial charge in [-0.25, -0.2) is 4.90 Å². The molecule has 1 aliphatic heterocycles. The minimum absolute atomic E-state index is 0.112. The molecule has 2 amide bonds. The lowest BCUT2D eigenvalue weighted by atomic mass is 9.48. The molecule has 4 aliphatic rings. The van der Waals surface area contributed by atoms with Crippen molar-refractivity contribution in [3.05, 3.63) is 100 Å². The van der Waals surface area contributed by atoms with Gasteiger partial charge in [0.2, 0.25) is 11.8 Å². The molecule has 0 radical (unpaired) electrons. The first-order valence-corrected chi connectivity index (χ1v) is 10.3. The highest BCUT2D eigenvalue weighted by molar-refractivity contribution is 6.25. The lowest BCUT2D eigenvalue weighted by Crippen LogP contribution is -2.51. The summed E-state index contributed by atoms with van der Waals surface area (Å²) in [5.41, 5.74) is 3.62. The second-order valence-corrected chi connectivity index (χ2v) is 8.63. The lowest BCUT2D eigenvalue weighted by Gasteiger charge is -2.52. The van der Waals surface area contributed by atoms with Crippen LogP contribution in [-0.2, 0) is 15.0 Å². The van der Waals surface area contributed by atoms with Gasteiger partial charge in [0.25, 0.3) is 0 Å². The molecule has 0 spiro atoms. The summed E-state index contributed by atoms with van der Waals surface area (Å²) < 4.78 is 0. The fraction of sp³-hybridized carbons (Fsp3) is 0.200. The average molecular weight is 411 g/mol. The lowest BCUT2D eigenvalue weighted by molar-refractivity contribution is -0.123. The molecule has 2 atom stereocenters. The number of benzene rings is 3. The number of nitrogens with zero attached hydrogens (tertiary/aromatic N) is 2. The van der Waals surface area contributed by atoms with Gasteiger partial charge in [0, 0.05) is 11.3 Å². The zero-order chi connectivity index (χ0) is 21.5. The molecule has 31 heavy (non-hydrogen) atoms. The molecule has 0 aromatic heterocycles. The van der Waals surface area contributed by atoms with Crippen molar-refractivity contribution in [3.8, 4) is 0 Å². The van der Waals surface area contributed by atoms with Crippen molar-refractivity contribution < 1.29 is 14.8 Å². The van der Waals surface area contributed by atoms with Gasteiger partial charge in [-0.05, 0) is 34.4 Å². The normalized spacial score (nSPS) is 27.7. The third-order valence-corrected chi connectivity index (χ3v) is 7.37. The zero-order valence-corrected chi connectivity index (χ0v) is 16.7. The maximum atomic E-state index is 13.8. The van der Waals surface area contributed by atoms with Crippen LogP contribution in [0.15, 0.2) is 72.8 Å². The summed E-state index contributed by atoms with van der Waals surface area (Å²) in [4.78, 5) is 28.7. The molecule has 7 rings (SSSR count). The Morgan fingerprint density at radius 1 is 0.871 bits per heavy atom. The smallest absolute Gasteiger partial charge is 0.239 e. The van der Waals surface area contributed by atoms with Crippen molar-refractivity contribution in [2.75, 3.05) is 10.1 Å². The van der Waals surface area contributed by atoms with Crippen LogP contribution in [0.3, 0.4) is 0 Å². The predicted molar refractivity (Wildman–Crippen MR) is 115 cm³/mol. The second-order valence-electron chi connectivity index (χ2n) is 8.63. The second kappa shape index (κ2) is 6.03. The Hall–Kier alpha value is -3.48. The van der Waals surface area contributed by atoms with E-state index in [2.05, 4.69) is 12.1 Å². The Balaban J connectivity index is 1.61. The van der Waals surface area contributed by atoms with Gasteiger partial charge in [0.1, 0.15) is 0 Å². The van der Waals surface area contributed by atoms with Crippen molar-refractivity contribution in [2.24, 2.45) is 11.8 Å². The van der Waals surface area contributed by atoms with Gasteiger partial charge in [0.05, 0.1) is 23.2 Å². The van der Waals surface area contributed by atoms with Gasteiger partial charge in [-0.3, -0.25) is 14.8 Å². The molecule has 1 saturated heterocycles. The number of hydrogen-bond acceptors (Lipinski definition) is 5. The molecule has 6 heteroatoms. The van der Waals surface area contributed by atoms with Gasteiger partial charge in [-0.15, -0.1) is 0 Å². The van der Waals surface area contributed by atoms with Crippen LogP contribution in [0.25, 0.3) is 0 Å². The van der Waals surface area contributed by atoms with E-state index in [1.165, 1.54) is 12.1 Å². The first-order chi connectivity index (χ1) is 15.0. The molecular formula is C25H19N2O4-. The van der Waals surface area contributed by atoms with E-state index in [-0.39, 0.29) is 34.3 Å². The fourth-order valence-electron chi connectivity index (χ4n) is 6.20. The summed E-state index contributed by atoms with van der Waals surface area (Å²) >= 11 is 0. The maximum absolute atomic E-state index is 13.8. The first kappa shape index (κ1) is 18.3. The van der Waals surface area contributed by atoms with E-state index in [1.807, 2.05) is 43.3 Å². The zero-order valence-electron chi connectivity index (χ0n) is 16.7. The van der Waals surface area contributed by atoms with Gasteiger partial charge in [-0.2, -0.15) is 0 Å². The summed E-state index contributed by atoms with van der Waals surface area (Å²) in [6, 6.07) is 22.2. The SMILES string of the molecule is CC12c3ccccc3C(c3ccccc31)[C@@H]1C(=O)N(c3ccccc3N([O-])O)C(=O)[C@H]12. The van der Waals surface area contributed by atoms with E-state index in [4.69, 9.17) is 0 Å². The van der Waals surface area contributed by atoms with Crippen molar-refractivity contribution >= 4 is 23.2 Å². The monoisotopic (exact) mass is 411 g/mol. The highest BCUT2D eigenvalue weighted by Crippen LogP contribution is 2.64. The first-order valence-electron chi connectivity index (χ1n) is 10.3. The Kier molecular flexibility index (Phi) is 3.56. The van der Waals surface area contributed by atoms with Crippen LogP contribution >= 0.6 is 0 Å². The molecule has 3 aromatic rings. The summed E-state index contributed by atoms with van der Waals surface area (Å²) in [6.07, 6.45) is 0. The Morgan fingerprint density at radius 2 is 1.42 bits per heavy atom. The standard InChI is InChI=1S/C25H19N2O4/c1-25-16-10-4-2-8-14(16)20(15-9-3-5-11-17(15)25)21-22(25)24(29)26(23(21)28)18-12-6-7-13-19(18)27(30)31/h2-13,20-22,30H,1H3/q-1/t20?,21-,22-,25?/m0/s1. The number of para-hydroxylation sites is 2. The number of anilines is 2. The largest absolute Gasteiger partial charge is 0.733 e. The minimum atomic E-state index is -0.667. The fourth-order valence-corrected chi connectivity index (χ4v) is 6.20. The van der Waals surface area contributed by atoms with Crippen LogP contribution < -0.4 is 10.1 Å². The van der Waals surface area contributed by atoms with E-state index in [0.29, 0.717) is 0 Å². The molecule has 1 heterocycles. The molecule has 1 N–H and O–H groups in total. The number of hydrogen-bond donors (Lipinski definition) is 1. The quantitative estimate of drug-likeness (QED) is 0.510. The molecule has 3 aliphatic carbocycles. The van der Waals surface area contributed by atoms with Crippen molar-refractivity contribution in [1.82, 2.24) is 0 Å². The van der Waals surface area contributed by atoms with Crippen LogP contribution in [0.5, 0.6) is 0 Å². The number of rotatable bonds is 2. The van der Waals surface area contributed by atoms with Crippen molar-refractivity contribution in [1.29, 1.82) is 0 Å². The Bertz CT molecular complexity index is 1220. The van der Waals surface area contributed by atoms with Crippen molar-refractivity contribution in [2.45, 2.75) is 18.3 Å². The third-order valence-electron chi connectivity index (χ3n) is 7.37. The summed E-state index contributed by atoms with van der Waals surface area (Å²) in [6.45, 7) is 2.05. The summed E-state index contributed by atoms with van der Waals surface area (Å²) in [5, 5.41) is 21.0. The Labute approximate surface area is 178 Å². The molecule has 2 bridgehead atoms. The van der Waals surface area contributed by atoms with Crippen LogP contribution in [0.1, 0.15) is 35.1 Å². The molecule has 0 saturated carbocycles. The van der Waals surface area contributed by atoms with Gasteiger partial charge >= 0.3 is 0 Å². The topological polar surface area (TPSA) is 83.9 Å². The van der Waals surface area contributed by atoms with Crippen molar-refractivity contribution in [3.63, 3.8) is 0 Å².